The van der Waals surface area contributed by atoms with Crippen LogP contribution in [0.5, 0.6) is 5.75 Å². The van der Waals surface area contributed by atoms with Crippen molar-refractivity contribution >= 4 is 23.4 Å². The highest BCUT2D eigenvalue weighted by Crippen LogP contribution is 2.29. The van der Waals surface area contributed by atoms with Gasteiger partial charge in [0.15, 0.2) is 11.0 Å². The van der Waals surface area contributed by atoms with Gasteiger partial charge in [0.25, 0.3) is 0 Å². The molecule has 0 bridgehead atoms. The van der Waals surface area contributed by atoms with Gasteiger partial charge in [0, 0.05) is 12.6 Å². The van der Waals surface area contributed by atoms with E-state index in [0.29, 0.717) is 16.6 Å². The van der Waals surface area contributed by atoms with E-state index in [4.69, 9.17) is 4.74 Å². The van der Waals surface area contributed by atoms with Gasteiger partial charge in [0.1, 0.15) is 5.75 Å². The lowest BCUT2D eigenvalue weighted by atomic mass is 10.2. The molecule has 0 saturated carbocycles. The fourth-order valence-corrected chi connectivity index (χ4v) is 3.44. The average Bonchev–Trinajstić information content (AvgIpc) is 3.03. The minimum Gasteiger partial charge on any atom is -0.495 e. The Morgan fingerprint density at radius 1 is 1.19 bits per heavy atom. The van der Waals surface area contributed by atoms with Crippen LogP contribution >= 0.6 is 11.8 Å². The Balaban J connectivity index is 1.72. The molecule has 0 aliphatic rings. The zero-order chi connectivity index (χ0) is 19.4. The minimum atomic E-state index is -0.346. The predicted octanol–water partition coefficient (Wildman–Crippen LogP) is 3.92. The van der Waals surface area contributed by atoms with Crippen LogP contribution in [0.25, 0.3) is 11.4 Å². The van der Waals surface area contributed by atoms with Crippen LogP contribution < -0.4 is 10.1 Å². The quantitative estimate of drug-likeness (QED) is 0.655. The number of carbonyl (C=O) groups excluding carboxylic acids is 1. The number of thioether (sulfide) groups is 1. The molecule has 7 heteroatoms. The van der Waals surface area contributed by atoms with E-state index in [0.717, 1.165) is 17.0 Å². The van der Waals surface area contributed by atoms with E-state index < -0.39 is 0 Å². The van der Waals surface area contributed by atoms with Crippen LogP contribution in [-0.4, -0.2) is 33.0 Å². The Morgan fingerprint density at radius 2 is 1.93 bits per heavy atom. The molecule has 0 fully saturated rings. The summed E-state index contributed by atoms with van der Waals surface area (Å²) in [5, 5.41) is 11.8. The number of benzene rings is 2. The van der Waals surface area contributed by atoms with E-state index >= 15 is 0 Å². The highest BCUT2D eigenvalue weighted by molar-refractivity contribution is 8.00. The molecule has 27 heavy (non-hydrogen) atoms. The number of nitrogens with one attached hydrogen (secondary N) is 1. The second-order valence-electron chi connectivity index (χ2n) is 6.18. The molecule has 1 atom stereocenters. The molecular weight excluding hydrogens is 360 g/mol. The summed E-state index contributed by atoms with van der Waals surface area (Å²) in [6.07, 6.45) is 0. The second kappa shape index (κ2) is 8.26. The number of anilines is 1. The summed E-state index contributed by atoms with van der Waals surface area (Å²) in [5.41, 5.74) is 2.70. The highest BCUT2D eigenvalue weighted by atomic mass is 32.2. The summed E-state index contributed by atoms with van der Waals surface area (Å²) in [6.45, 7) is 3.82. The third kappa shape index (κ3) is 4.31. The summed E-state index contributed by atoms with van der Waals surface area (Å²) in [5.74, 6) is 1.29. The maximum absolute atomic E-state index is 12.6. The number of aryl methyl sites for hydroxylation is 1. The Kier molecular flexibility index (Phi) is 5.81. The van der Waals surface area contributed by atoms with Crippen molar-refractivity contribution in [2.45, 2.75) is 24.3 Å². The zero-order valence-corrected chi connectivity index (χ0v) is 16.6. The van der Waals surface area contributed by atoms with Crippen LogP contribution in [0.4, 0.5) is 5.69 Å². The van der Waals surface area contributed by atoms with E-state index in [2.05, 4.69) is 15.5 Å². The van der Waals surface area contributed by atoms with Crippen molar-refractivity contribution in [1.82, 2.24) is 14.8 Å². The van der Waals surface area contributed by atoms with Gasteiger partial charge in [-0.15, -0.1) is 10.2 Å². The Morgan fingerprint density at radius 3 is 2.63 bits per heavy atom. The average molecular weight is 382 g/mol. The largest absolute Gasteiger partial charge is 0.495 e. The first-order chi connectivity index (χ1) is 13.0. The molecule has 1 amide bonds. The number of aromatic nitrogens is 3. The number of hydrogen-bond donors (Lipinski definition) is 1. The summed E-state index contributed by atoms with van der Waals surface area (Å²) in [6, 6.07) is 15.5. The molecule has 0 radical (unpaired) electrons. The van der Waals surface area contributed by atoms with Crippen molar-refractivity contribution in [3.8, 4) is 17.1 Å². The topological polar surface area (TPSA) is 69.0 Å². The van der Waals surface area contributed by atoms with Crippen molar-refractivity contribution in [3.63, 3.8) is 0 Å². The molecule has 1 heterocycles. The SMILES string of the molecule is COc1ccc(C)cc1NC(=O)[C@H](C)Sc1nnc(-c2ccccc2)n1C. The van der Waals surface area contributed by atoms with Gasteiger partial charge in [-0.25, -0.2) is 0 Å². The van der Waals surface area contributed by atoms with Crippen molar-refractivity contribution in [2.24, 2.45) is 7.05 Å². The van der Waals surface area contributed by atoms with Gasteiger partial charge in [-0.2, -0.15) is 0 Å². The monoisotopic (exact) mass is 382 g/mol. The third-order valence-corrected chi connectivity index (χ3v) is 5.27. The molecular formula is C20H22N4O2S. The molecule has 0 unspecified atom stereocenters. The first kappa shape index (κ1) is 19.0. The summed E-state index contributed by atoms with van der Waals surface area (Å²) >= 11 is 1.37. The van der Waals surface area contributed by atoms with Gasteiger partial charge in [0.2, 0.25) is 5.91 Å². The first-order valence-corrected chi connectivity index (χ1v) is 9.44. The van der Waals surface area contributed by atoms with E-state index in [1.807, 2.05) is 74.0 Å². The molecule has 1 aromatic heterocycles. The van der Waals surface area contributed by atoms with Crippen molar-refractivity contribution in [2.75, 3.05) is 12.4 Å². The first-order valence-electron chi connectivity index (χ1n) is 8.56. The molecule has 2 aromatic carbocycles. The molecule has 3 rings (SSSR count). The molecule has 0 spiro atoms. The maximum Gasteiger partial charge on any atom is 0.237 e. The molecule has 1 N–H and O–H groups in total. The predicted molar refractivity (Wildman–Crippen MR) is 108 cm³/mol. The van der Waals surface area contributed by atoms with E-state index in [-0.39, 0.29) is 11.2 Å². The molecule has 0 saturated heterocycles. The standard InChI is InChI=1S/C20H22N4O2S/c1-13-10-11-17(26-4)16(12-13)21-19(25)14(2)27-20-23-22-18(24(20)3)15-8-6-5-7-9-15/h5-12,14H,1-4H3,(H,21,25)/t14-/m0/s1. The van der Waals surface area contributed by atoms with E-state index in [1.165, 1.54) is 11.8 Å². The Labute approximate surface area is 163 Å². The van der Waals surface area contributed by atoms with Crippen LogP contribution in [0.15, 0.2) is 53.7 Å². The van der Waals surface area contributed by atoms with Crippen LogP contribution in [0.2, 0.25) is 0 Å². The van der Waals surface area contributed by atoms with Crippen molar-refractivity contribution in [3.05, 3.63) is 54.1 Å². The Hall–Kier alpha value is -2.80. The van der Waals surface area contributed by atoms with E-state index in [1.54, 1.807) is 7.11 Å². The molecule has 6 nitrogen and oxygen atoms in total. The second-order valence-corrected chi connectivity index (χ2v) is 7.49. The summed E-state index contributed by atoms with van der Waals surface area (Å²) in [4.78, 5) is 12.6. The molecule has 0 aliphatic carbocycles. The summed E-state index contributed by atoms with van der Waals surface area (Å²) in [7, 11) is 3.49. The van der Waals surface area contributed by atoms with Crippen LogP contribution in [-0.2, 0) is 11.8 Å². The number of hydrogen-bond acceptors (Lipinski definition) is 5. The van der Waals surface area contributed by atoms with Gasteiger partial charge < -0.3 is 14.6 Å². The third-order valence-electron chi connectivity index (χ3n) is 4.13. The van der Waals surface area contributed by atoms with Gasteiger partial charge in [0.05, 0.1) is 18.0 Å². The smallest absolute Gasteiger partial charge is 0.237 e. The number of nitrogens with zero attached hydrogens (tertiary/aromatic N) is 3. The van der Waals surface area contributed by atoms with Crippen molar-refractivity contribution < 1.29 is 9.53 Å². The van der Waals surface area contributed by atoms with Crippen LogP contribution in [0.3, 0.4) is 0 Å². The minimum absolute atomic E-state index is 0.117. The lowest BCUT2D eigenvalue weighted by Gasteiger charge is -2.14. The number of rotatable bonds is 6. The van der Waals surface area contributed by atoms with Crippen LogP contribution in [0, 0.1) is 6.92 Å². The van der Waals surface area contributed by atoms with Gasteiger partial charge in [-0.3, -0.25) is 4.79 Å². The van der Waals surface area contributed by atoms with Crippen molar-refractivity contribution in [1.29, 1.82) is 0 Å². The maximum atomic E-state index is 12.6. The normalized spacial score (nSPS) is 11.9. The number of methoxy groups -OCH3 is 1. The Bertz CT molecular complexity index is 940. The fraction of sp³-hybridized carbons (Fsp3) is 0.250. The number of amides is 1. The van der Waals surface area contributed by atoms with Gasteiger partial charge in [-0.1, -0.05) is 48.2 Å². The fourth-order valence-electron chi connectivity index (χ4n) is 2.62. The zero-order valence-electron chi connectivity index (χ0n) is 15.8. The molecule has 140 valence electrons. The summed E-state index contributed by atoms with van der Waals surface area (Å²) < 4.78 is 7.22. The molecule has 3 aromatic rings. The van der Waals surface area contributed by atoms with E-state index in [9.17, 15) is 4.79 Å². The number of carbonyl (C=O) groups is 1. The lowest BCUT2D eigenvalue weighted by Crippen LogP contribution is -2.23. The molecule has 0 aliphatic heterocycles. The lowest BCUT2D eigenvalue weighted by molar-refractivity contribution is -0.115. The van der Waals surface area contributed by atoms with Gasteiger partial charge in [-0.05, 0) is 31.5 Å². The van der Waals surface area contributed by atoms with Crippen LogP contribution in [0.1, 0.15) is 12.5 Å². The number of ether oxygens (including phenoxy) is 1. The van der Waals surface area contributed by atoms with Gasteiger partial charge >= 0.3 is 0 Å². The highest BCUT2D eigenvalue weighted by Gasteiger charge is 2.20.